The highest BCUT2D eigenvalue weighted by molar-refractivity contribution is 5.74. The lowest BCUT2D eigenvalue weighted by atomic mass is 10.0. The van der Waals surface area contributed by atoms with Gasteiger partial charge in [-0.15, -0.1) is 0 Å². The summed E-state index contributed by atoms with van der Waals surface area (Å²) in [5, 5.41) is 0. The maximum absolute atomic E-state index is 11.6. The molecular weight excluding hydrogens is 256 g/mol. The molecule has 0 radical (unpaired) electrons. The predicted molar refractivity (Wildman–Crippen MR) is 76.6 cm³/mol. The number of rotatable bonds is 7. The van der Waals surface area contributed by atoms with Gasteiger partial charge in [0.1, 0.15) is 17.6 Å². The van der Waals surface area contributed by atoms with Gasteiger partial charge in [0.25, 0.3) is 0 Å². The van der Waals surface area contributed by atoms with Crippen LogP contribution >= 0.6 is 0 Å². The molecule has 0 amide bonds. The summed E-state index contributed by atoms with van der Waals surface area (Å²) in [4.78, 5) is 22.6. The quantitative estimate of drug-likeness (QED) is 0.568. The van der Waals surface area contributed by atoms with Crippen molar-refractivity contribution in [2.24, 2.45) is 5.92 Å². The standard InChI is InChI=1S/C16H22O4/c1-16(2,3)20-15(18)11-13(12-17)9-10-19-14-7-5-4-6-8-14/h4-8,12-13H,9-11H2,1-3H3. The van der Waals surface area contributed by atoms with Crippen molar-refractivity contribution in [1.29, 1.82) is 0 Å². The lowest BCUT2D eigenvalue weighted by molar-refractivity contribution is -0.156. The molecule has 0 bridgehead atoms. The van der Waals surface area contributed by atoms with Gasteiger partial charge < -0.3 is 14.3 Å². The molecule has 1 rings (SSSR count). The zero-order valence-electron chi connectivity index (χ0n) is 12.3. The summed E-state index contributed by atoms with van der Waals surface area (Å²) in [7, 11) is 0. The van der Waals surface area contributed by atoms with Crippen LogP contribution in [0.4, 0.5) is 0 Å². The van der Waals surface area contributed by atoms with Crippen LogP contribution < -0.4 is 4.74 Å². The zero-order chi connectivity index (χ0) is 15.0. The van der Waals surface area contributed by atoms with Gasteiger partial charge in [0, 0.05) is 5.92 Å². The highest BCUT2D eigenvalue weighted by Gasteiger charge is 2.20. The van der Waals surface area contributed by atoms with Gasteiger partial charge in [-0.2, -0.15) is 0 Å². The van der Waals surface area contributed by atoms with Gasteiger partial charge in [0.2, 0.25) is 0 Å². The minimum atomic E-state index is -0.523. The third-order valence-corrected chi connectivity index (χ3v) is 2.54. The lowest BCUT2D eigenvalue weighted by Crippen LogP contribution is -2.26. The van der Waals surface area contributed by atoms with Crippen LogP contribution in [0, 0.1) is 5.92 Å². The summed E-state index contributed by atoms with van der Waals surface area (Å²) in [5.41, 5.74) is -0.523. The van der Waals surface area contributed by atoms with E-state index in [-0.39, 0.29) is 18.3 Å². The Hall–Kier alpha value is -1.84. The maximum atomic E-state index is 11.6. The molecule has 1 aromatic carbocycles. The molecule has 20 heavy (non-hydrogen) atoms. The van der Waals surface area contributed by atoms with Crippen molar-refractivity contribution < 1.29 is 19.1 Å². The Morgan fingerprint density at radius 1 is 1.25 bits per heavy atom. The molecule has 0 N–H and O–H groups in total. The van der Waals surface area contributed by atoms with Crippen LogP contribution in [-0.4, -0.2) is 24.5 Å². The van der Waals surface area contributed by atoms with E-state index in [1.807, 2.05) is 30.3 Å². The highest BCUT2D eigenvalue weighted by Crippen LogP contribution is 2.14. The fourth-order valence-electron chi connectivity index (χ4n) is 1.66. The van der Waals surface area contributed by atoms with E-state index in [0.717, 1.165) is 12.0 Å². The maximum Gasteiger partial charge on any atom is 0.307 e. The smallest absolute Gasteiger partial charge is 0.307 e. The van der Waals surface area contributed by atoms with E-state index in [1.165, 1.54) is 0 Å². The van der Waals surface area contributed by atoms with Crippen molar-refractivity contribution in [2.75, 3.05) is 6.61 Å². The van der Waals surface area contributed by atoms with Crippen LogP contribution in [0.3, 0.4) is 0 Å². The topological polar surface area (TPSA) is 52.6 Å². The molecule has 0 aliphatic heterocycles. The average Bonchev–Trinajstić information content (AvgIpc) is 2.36. The lowest BCUT2D eigenvalue weighted by Gasteiger charge is -2.20. The van der Waals surface area contributed by atoms with Crippen molar-refractivity contribution in [2.45, 2.75) is 39.2 Å². The van der Waals surface area contributed by atoms with Gasteiger partial charge >= 0.3 is 5.97 Å². The largest absolute Gasteiger partial charge is 0.494 e. The molecule has 4 heteroatoms. The fourth-order valence-corrected chi connectivity index (χ4v) is 1.66. The fraction of sp³-hybridized carbons (Fsp3) is 0.500. The SMILES string of the molecule is CC(C)(C)OC(=O)CC(C=O)CCOc1ccccc1. The summed E-state index contributed by atoms with van der Waals surface area (Å²) in [6.07, 6.45) is 1.38. The van der Waals surface area contributed by atoms with Crippen molar-refractivity contribution in [3.8, 4) is 5.75 Å². The molecule has 1 aromatic rings. The van der Waals surface area contributed by atoms with Gasteiger partial charge in [-0.25, -0.2) is 0 Å². The molecule has 0 saturated carbocycles. The van der Waals surface area contributed by atoms with E-state index in [2.05, 4.69) is 0 Å². The van der Waals surface area contributed by atoms with Gasteiger partial charge in [0.05, 0.1) is 13.0 Å². The highest BCUT2D eigenvalue weighted by atomic mass is 16.6. The second kappa shape index (κ2) is 7.68. The molecule has 110 valence electrons. The molecule has 0 aliphatic rings. The normalized spacial score (nSPS) is 12.6. The number of ether oxygens (including phenoxy) is 2. The minimum Gasteiger partial charge on any atom is -0.494 e. The zero-order valence-corrected chi connectivity index (χ0v) is 12.3. The Labute approximate surface area is 120 Å². The number of esters is 1. The molecule has 0 aliphatic carbocycles. The number of carbonyl (C=O) groups is 2. The van der Waals surface area contributed by atoms with E-state index < -0.39 is 5.60 Å². The summed E-state index contributed by atoms with van der Waals surface area (Å²) in [5.74, 6) is 0.0392. The predicted octanol–water partition coefficient (Wildman–Crippen LogP) is 3.00. The van der Waals surface area contributed by atoms with E-state index in [0.29, 0.717) is 13.0 Å². The molecule has 0 fully saturated rings. The van der Waals surface area contributed by atoms with Crippen LogP contribution in [0.1, 0.15) is 33.6 Å². The Morgan fingerprint density at radius 2 is 1.90 bits per heavy atom. The molecule has 0 aromatic heterocycles. The minimum absolute atomic E-state index is 0.0962. The van der Waals surface area contributed by atoms with Gasteiger partial charge in [0.15, 0.2) is 0 Å². The monoisotopic (exact) mass is 278 g/mol. The van der Waals surface area contributed by atoms with Gasteiger partial charge in [-0.1, -0.05) is 18.2 Å². The van der Waals surface area contributed by atoms with E-state index in [1.54, 1.807) is 20.8 Å². The van der Waals surface area contributed by atoms with Crippen molar-refractivity contribution in [1.82, 2.24) is 0 Å². The van der Waals surface area contributed by atoms with E-state index in [4.69, 9.17) is 9.47 Å². The number of carbonyl (C=O) groups excluding carboxylic acids is 2. The average molecular weight is 278 g/mol. The third-order valence-electron chi connectivity index (χ3n) is 2.54. The molecule has 0 saturated heterocycles. The van der Waals surface area contributed by atoms with Crippen LogP contribution in [-0.2, 0) is 14.3 Å². The molecule has 0 spiro atoms. The Balaban J connectivity index is 2.33. The molecule has 1 unspecified atom stereocenters. The Kier molecular flexibility index (Phi) is 6.22. The Morgan fingerprint density at radius 3 is 2.45 bits per heavy atom. The van der Waals surface area contributed by atoms with Crippen molar-refractivity contribution in [3.63, 3.8) is 0 Å². The van der Waals surface area contributed by atoms with Crippen LogP contribution in [0.25, 0.3) is 0 Å². The summed E-state index contributed by atoms with van der Waals surface area (Å²) >= 11 is 0. The molecule has 4 nitrogen and oxygen atoms in total. The second-order valence-corrected chi connectivity index (χ2v) is 5.64. The van der Waals surface area contributed by atoms with E-state index in [9.17, 15) is 9.59 Å². The summed E-state index contributed by atoms with van der Waals surface area (Å²) < 4.78 is 10.7. The Bertz CT molecular complexity index is 420. The third kappa shape index (κ3) is 6.92. The summed E-state index contributed by atoms with van der Waals surface area (Å²) in [6, 6.07) is 9.37. The molecule has 0 heterocycles. The summed E-state index contributed by atoms with van der Waals surface area (Å²) in [6.45, 7) is 5.81. The van der Waals surface area contributed by atoms with Crippen molar-refractivity contribution >= 4 is 12.3 Å². The molecular formula is C16H22O4. The number of benzene rings is 1. The number of hydrogen-bond donors (Lipinski definition) is 0. The van der Waals surface area contributed by atoms with Gasteiger partial charge in [-0.3, -0.25) is 4.79 Å². The van der Waals surface area contributed by atoms with E-state index >= 15 is 0 Å². The number of hydrogen-bond acceptors (Lipinski definition) is 4. The first-order valence-corrected chi connectivity index (χ1v) is 6.75. The van der Waals surface area contributed by atoms with Gasteiger partial charge in [-0.05, 0) is 39.3 Å². The van der Waals surface area contributed by atoms with Crippen molar-refractivity contribution in [3.05, 3.63) is 30.3 Å². The number of aldehydes is 1. The molecule has 1 atom stereocenters. The first-order chi connectivity index (χ1) is 9.40. The second-order valence-electron chi connectivity index (χ2n) is 5.64. The first-order valence-electron chi connectivity index (χ1n) is 6.75. The number of para-hydroxylation sites is 1. The van der Waals surface area contributed by atoms with Crippen LogP contribution in [0.5, 0.6) is 5.75 Å². The first kappa shape index (κ1) is 16.2. The van der Waals surface area contributed by atoms with Crippen LogP contribution in [0.15, 0.2) is 30.3 Å². The van der Waals surface area contributed by atoms with Crippen LogP contribution in [0.2, 0.25) is 0 Å².